The third-order valence-electron chi connectivity index (χ3n) is 4.69. The summed E-state index contributed by atoms with van der Waals surface area (Å²) in [5, 5.41) is 9.25. The fourth-order valence-corrected chi connectivity index (χ4v) is 4.58. The molecular weight excluding hydrogens is 469 g/mol. The fourth-order valence-electron chi connectivity index (χ4n) is 3.25. The average Bonchev–Trinajstić information content (AvgIpc) is 3.42. The molecule has 0 unspecified atom stereocenters. The van der Waals surface area contributed by atoms with Gasteiger partial charge in [0.2, 0.25) is 5.78 Å². The first-order chi connectivity index (χ1) is 16.1. The van der Waals surface area contributed by atoms with Crippen LogP contribution in [0.5, 0.6) is 0 Å². The number of halogens is 3. The van der Waals surface area contributed by atoms with Gasteiger partial charge in [0, 0.05) is 40.5 Å². The van der Waals surface area contributed by atoms with Gasteiger partial charge < -0.3 is 0 Å². The summed E-state index contributed by atoms with van der Waals surface area (Å²) >= 11 is 1.91. The second kappa shape index (κ2) is 9.28. The molecule has 0 fully saturated rings. The van der Waals surface area contributed by atoms with Crippen molar-refractivity contribution in [3.05, 3.63) is 84.7 Å². The number of fused-ring (bicyclic) bond motifs is 1. The Bertz CT molecular complexity index is 1350. The zero-order valence-corrected chi connectivity index (χ0v) is 18.5. The van der Waals surface area contributed by atoms with Gasteiger partial charge in [0.1, 0.15) is 5.82 Å². The van der Waals surface area contributed by atoms with Crippen molar-refractivity contribution in [1.82, 2.24) is 29.1 Å². The Morgan fingerprint density at radius 2 is 1.76 bits per heavy atom. The summed E-state index contributed by atoms with van der Waals surface area (Å²) in [6.07, 6.45) is 5.45. The molecule has 6 nitrogen and oxygen atoms in total. The first-order valence-electron chi connectivity index (χ1n) is 9.75. The number of imidazole rings is 1. The van der Waals surface area contributed by atoms with E-state index in [9.17, 15) is 13.2 Å². The number of rotatable bonds is 7. The lowest BCUT2D eigenvalue weighted by Gasteiger charge is -2.11. The van der Waals surface area contributed by atoms with Crippen molar-refractivity contribution in [2.75, 3.05) is 0 Å². The molecule has 0 atom stereocenters. The summed E-state index contributed by atoms with van der Waals surface area (Å²) < 4.78 is 42.5. The van der Waals surface area contributed by atoms with Crippen LogP contribution in [0.4, 0.5) is 13.2 Å². The first kappa shape index (κ1) is 21.5. The predicted octanol–water partition coefficient (Wildman–Crippen LogP) is 5.72. The molecule has 3 heterocycles. The lowest BCUT2D eigenvalue weighted by molar-refractivity contribution is 0.252. The Kier molecular flexibility index (Phi) is 6.05. The number of benzene rings is 2. The molecule has 166 valence electrons. The van der Waals surface area contributed by atoms with E-state index >= 15 is 0 Å². The Morgan fingerprint density at radius 1 is 0.970 bits per heavy atom. The molecule has 0 amide bonds. The molecule has 5 rings (SSSR count). The van der Waals surface area contributed by atoms with Gasteiger partial charge in [-0.15, -0.1) is 10.2 Å². The Hall–Kier alpha value is -3.31. The maximum absolute atomic E-state index is 13.5. The molecule has 3 aromatic heterocycles. The van der Waals surface area contributed by atoms with Gasteiger partial charge in [-0.1, -0.05) is 23.5 Å². The number of aromatic nitrogens is 6. The van der Waals surface area contributed by atoms with Gasteiger partial charge in [-0.3, -0.25) is 8.97 Å². The maximum atomic E-state index is 13.5. The van der Waals surface area contributed by atoms with E-state index in [-0.39, 0.29) is 5.82 Å². The van der Waals surface area contributed by atoms with E-state index in [4.69, 9.17) is 0 Å². The van der Waals surface area contributed by atoms with E-state index in [1.807, 2.05) is 27.4 Å². The highest BCUT2D eigenvalue weighted by Crippen LogP contribution is 2.31. The first-order valence-corrected chi connectivity index (χ1v) is 11.6. The summed E-state index contributed by atoms with van der Waals surface area (Å²) in [5.41, 5.74) is 2.20. The quantitative estimate of drug-likeness (QED) is 0.275. The van der Waals surface area contributed by atoms with Gasteiger partial charge >= 0.3 is 0 Å². The Balaban J connectivity index is 1.49. The highest BCUT2D eigenvalue weighted by atomic mass is 32.2. The molecule has 5 aromatic rings. The van der Waals surface area contributed by atoms with Crippen LogP contribution in [0, 0.1) is 5.82 Å². The zero-order valence-electron chi connectivity index (χ0n) is 16.8. The number of hydrogen-bond donors (Lipinski definition) is 0. The molecule has 0 aliphatic heterocycles. The minimum atomic E-state index is -2.49. The van der Waals surface area contributed by atoms with Crippen molar-refractivity contribution < 1.29 is 13.2 Å². The average molecular weight is 485 g/mol. The highest BCUT2D eigenvalue weighted by molar-refractivity contribution is 7.99. The molecule has 33 heavy (non-hydrogen) atoms. The molecule has 2 aromatic carbocycles. The molecular formula is C22H15F3N6S2. The lowest BCUT2D eigenvalue weighted by Crippen LogP contribution is -2.00. The van der Waals surface area contributed by atoms with Crippen LogP contribution in [0.3, 0.4) is 0 Å². The summed E-state index contributed by atoms with van der Waals surface area (Å²) in [7, 11) is 0. The number of nitrogens with zero attached hydrogens (tertiary/aromatic N) is 6. The predicted molar refractivity (Wildman–Crippen MR) is 121 cm³/mol. The van der Waals surface area contributed by atoms with Crippen LogP contribution in [0.2, 0.25) is 0 Å². The molecule has 11 heteroatoms. The Labute approximate surface area is 194 Å². The normalized spacial score (nSPS) is 11.5. The van der Waals surface area contributed by atoms with E-state index in [0.29, 0.717) is 50.4 Å². The van der Waals surface area contributed by atoms with Crippen LogP contribution >= 0.6 is 23.5 Å². The largest absolute Gasteiger partial charge is 0.291 e. The lowest BCUT2D eigenvalue weighted by atomic mass is 10.2. The number of hydrogen-bond acceptors (Lipinski definition) is 6. The van der Waals surface area contributed by atoms with Crippen LogP contribution in [0.1, 0.15) is 5.69 Å². The highest BCUT2D eigenvalue weighted by Gasteiger charge is 2.17. The van der Waals surface area contributed by atoms with Crippen LogP contribution < -0.4 is 0 Å². The smallest absolute Gasteiger partial charge is 0.288 e. The third kappa shape index (κ3) is 4.74. The van der Waals surface area contributed by atoms with Crippen LogP contribution in [-0.2, 0) is 5.75 Å². The molecule has 0 aliphatic rings. The van der Waals surface area contributed by atoms with Gasteiger partial charge in [-0.05, 0) is 54.6 Å². The van der Waals surface area contributed by atoms with E-state index in [1.54, 1.807) is 42.6 Å². The molecule has 0 saturated carbocycles. The summed E-state index contributed by atoms with van der Waals surface area (Å²) in [6.45, 7) is 0. The molecule has 0 spiro atoms. The monoisotopic (exact) mass is 484 g/mol. The van der Waals surface area contributed by atoms with Crippen molar-refractivity contribution in [2.24, 2.45) is 0 Å². The summed E-state index contributed by atoms with van der Waals surface area (Å²) in [5.74, 6) is -1.21. The van der Waals surface area contributed by atoms with Crippen molar-refractivity contribution in [3.63, 3.8) is 0 Å². The van der Waals surface area contributed by atoms with Crippen molar-refractivity contribution in [3.8, 4) is 17.1 Å². The summed E-state index contributed by atoms with van der Waals surface area (Å²) in [6, 6.07) is 14.5. The van der Waals surface area contributed by atoms with E-state index < -0.39 is 5.76 Å². The third-order valence-corrected chi connectivity index (χ3v) is 6.38. The van der Waals surface area contributed by atoms with Gasteiger partial charge in [0.05, 0.1) is 5.69 Å². The fraction of sp³-hybridized carbons (Fsp3) is 0.0909. The minimum absolute atomic E-state index is 0.353. The number of thioether (sulfide) groups is 2. The second-order valence-electron chi connectivity index (χ2n) is 6.87. The van der Waals surface area contributed by atoms with Gasteiger partial charge in [-0.2, -0.15) is 8.78 Å². The van der Waals surface area contributed by atoms with Crippen molar-refractivity contribution in [2.45, 2.75) is 21.6 Å². The second-order valence-corrected chi connectivity index (χ2v) is 8.87. The molecule has 0 radical (unpaired) electrons. The topological polar surface area (TPSA) is 60.9 Å². The van der Waals surface area contributed by atoms with Crippen LogP contribution in [-0.4, -0.2) is 34.9 Å². The van der Waals surface area contributed by atoms with E-state index in [1.165, 1.54) is 23.9 Å². The maximum Gasteiger partial charge on any atom is 0.288 e. The van der Waals surface area contributed by atoms with Crippen molar-refractivity contribution >= 4 is 29.3 Å². The van der Waals surface area contributed by atoms with Gasteiger partial charge in [0.25, 0.3) is 5.76 Å². The Morgan fingerprint density at radius 3 is 2.48 bits per heavy atom. The number of alkyl halides is 2. The SMILES string of the molecule is Fc1ccc(-c2nnc(SCc3cn4cccnc4n3)n2-c2ccc(SC(F)F)cc2)cc1. The molecule has 0 saturated heterocycles. The van der Waals surface area contributed by atoms with Crippen LogP contribution in [0.25, 0.3) is 22.9 Å². The summed E-state index contributed by atoms with van der Waals surface area (Å²) in [4.78, 5) is 9.18. The standard InChI is InChI=1S/C22H15F3N6S2/c23-15-4-2-14(3-5-15)19-28-29-22(31(19)17-6-8-18(9-7-17)33-20(24)25)32-13-16-12-30-11-1-10-26-21(30)27-16/h1-12,20H,13H2. The molecule has 0 N–H and O–H groups in total. The van der Waals surface area contributed by atoms with Crippen molar-refractivity contribution in [1.29, 1.82) is 0 Å². The zero-order chi connectivity index (χ0) is 22.8. The van der Waals surface area contributed by atoms with E-state index in [2.05, 4.69) is 20.2 Å². The van der Waals surface area contributed by atoms with Gasteiger partial charge in [-0.25, -0.2) is 14.4 Å². The molecule has 0 aliphatic carbocycles. The van der Waals surface area contributed by atoms with Crippen LogP contribution in [0.15, 0.2) is 83.2 Å². The minimum Gasteiger partial charge on any atom is -0.291 e. The van der Waals surface area contributed by atoms with Gasteiger partial charge in [0.15, 0.2) is 11.0 Å². The molecule has 0 bridgehead atoms. The van der Waals surface area contributed by atoms with E-state index in [0.717, 1.165) is 5.69 Å².